The Balaban J connectivity index is 0.00000162. The number of hydrogen-bond acceptors (Lipinski definition) is 3. The Morgan fingerprint density at radius 1 is 1.17 bits per heavy atom. The van der Waals surface area contributed by atoms with Gasteiger partial charge >= 0.3 is 0 Å². The topological polar surface area (TPSA) is 45.4 Å². The van der Waals surface area contributed by atoms with E-state index < -0.39 is 0 Å². The first kappa shape index (κ1) is 14.7. The number of aliphatic hydroxyl groups is 1. The third-order valence-electron chi connectivity index (χ3n) is 2.39. The Kier molecular flexibility index (Phi) is 5.85. The summed E-state index contributed by atoms with van der Waals surface area (Å²) in [5.41, 5.74) is 0.459. The van der Waals surface area contributed by atoms with E-state index in [9.17, 15) is 4.39 Å². The van der Waals surface area contributed by atoms with Crippen LogP contribution in [0, 0.1) is 5.82 Å². The minimum Gasteiger partial charge on any atom is -0.460 e. The SMILES string of the molecule is Cl.OCCNCc1ccc(-c2ccccc2F)o1. The summed E-state index contributed by atoms with van der Waals surface area (Å²) in [6.45, 7) is 1.12. The lowest BCUT2D eigenvalue weighted by Gasteiger charge is -2.00. The molecule has 2 N–H and O–H groups in total. The molecule has 0 amide bonds. The molecule has 2 aromatic rings. The highest BCUT2D eigenvalue weighted by atomic mass is 35.5. The summed E-state index contributed by atoms with van der Waals surface area (Å²) in [5, 5.41) is 11.6. The van der Waals surface area contributed by atoms with Gasteiger partial charge in [0.2, 0.25) is 0 Å². The summed E-state index contributed by atoms with van der Waals surface area (Å²) in [4.78, 5) is 0. The molecule has 0 atom stereocenters. The predicted octanol–water partition coefficient (Wildman–Crippen LogP) is 2.59. The number of halogens is 2. The molecule has 1 heterocycles. The summed E-state index contributed by atoms with van der Waals surface area (Å²) in [6, 6.07) is 10.0. The first-order valence-corrected chi connectivity index (χ1v) is 5.46. The van der Waals surface area contributed by atoms with Crippen molar-refractivity contribution in [2.75, 3.05) is 13.2 Å². The third-order valence-corrected chi connectivity index (χ3v) is 2.39. The molecule has 0 bridgehead atoms. The van der Waals surface area contributed by atoms with Gasteiger partial charge < -0.3 is 14.8 Å². The van der Waals surface area contributed by atoms with E-state index in [1.54, 1.807) is 30.3 Å². The molecule has 0 saturated carbocycles. The van der Waals surface area contributed by atoms with E-state index in [1.165, 1.54) is 6.07 Å². The number of aliphatic hydroxyl groups excluding tert-OH is 1. The Hall–Kier alpha value is -1.36. The Bertz CT molecular complexity index is 487. The minimum atomic E-state index is -0.295. The number of nitrogens with one attached hydrogen (secondary N) is 1. The molecule has 0 aliphatic carbocycles. The molecule has 98 valence electrons. The summed E-state index contributed by atoms with van der Waals surface area (Å²) in [7, 11) is 0. The van der Waals surface area contributed by atoms with Crippen molar-refractivity contribution in [3.05, 3.63) is 48.0 Å². The number of furan rings is 1. The van der Waals surface area contributed by atoms with E-state index in [0.29, 0.717) is 24.4 Å². The fourth-order valence-corrected chi connectivity index (χ4v) is 1.57. The van der Waals surface area contributed by atoms with Crippen LogP contribution in [0.3, 0.4) is 0 Å². The van der Waals surface area contributed by atoms with Crippen LogP contribution in [0.1, 0.15) is 5.76 Å². The minimum absolute atomic E-state index is 0. The van der Waals surface area contributed by atoms with Crippen LogP contribution in [0.25, 0.3) is 11.3 Å². The van der Waals surface area contributed by atoms with Gasteiger partial charge in [-0.2, -0.15) is 0 Å². The van der Waals surface area contributed by atoms with Crippen LogP contribution >= 0.6 is 12.4 Å². The highest BCUT2D eigenvalue weighted by Crippen LogP contribution is 2.24. The molecule has 0 fully saturated rings. The van der Waals surface area contributed by atoms with Crippen molar-refractivity contribution in [1.29, 1.82) is 0 Å². The van der Waals surface area contributed by atoms with Gasteiger partial charge in [0.05, 0.1) is 18.7 Å². The molecule has 0 spiro atoms. The number of hydrogen-bond donors (Lipinski definition) is 2. The van der Waals surface area contributed by atoms with Crippen molar-refractivity contribution >= 4 is 12.4 Å². The molecule has 0 aliphatic rings. The van der Waals surface area contributed by atoms with Crippen molar-refractivity contribution in [3.8, 4) is 11.3 Å². The zero-order chi connectivity index (χ0) is 12.1. The van der Waals surface area contributed by atoms with Crippen LogP contribution < -0.4 is 5.32 Å². The van der Waals surface area contributed by atoms with Gasteiger partial charge in [0, 0.05) is 6.54 Å². The molecule has 1 aromatic carbocycles. The van der Waals surface area contributed by atoms with Gasteiger partial charge in [0.15, 0.2) is 0 Å². The van der Waals surface area contributed by atoms with Crippen LogP contribution in [0.15, 0.2) is 40.8 Å². The zero-order valence-electron chi connectivity index (χ0n) is 9.73. The summed E-state index contributed by atoms with van der Waals surface area (Å²) in [5.74, 6) is 0.942. The quantitative estimate of drug-likeness (QED) is 0.822. The smallest absolute Gasteiger partial charge is 0.137 e. The zero-order valence-corrected chi connectivity index (χ0v) is 10.5. The highest BCUT2D eigenvalue weighted by molar-refractivity contribution is 5.85. The number of benzene rings is 1. The Morgan fingerprint density at radius 3 is 2.67 bits per heavy atom. The lowest BCUT2D eigenvalue weighted by atomic mass is 10.1. The normalized spacial score (nSPS) is 10.1. The van der Waals surface area contributed by atoms with E-state index in [4.69, 9.17) is 9.52 Å². The van der Waals surface area contributed by atoms with Gasteiger partial charge in [0.25, 0.3) is 0 Å². The largest absolute Gasteiger partial charge is 0.460 e. The van der Waals surface area contributed by atoms with E-state index in [-0.39, 0.29) is 24.8 Å². The van der Waals surface area contributed by atoms with Crippen molar-refractivity contribution in [1.82, 2.24) is 5.32 Å². The summed E-state index contributed by atoms with van der Waals surface area (Å²) < 4.78 is 19.0. The fourth-order valence-electron chi connectivity index (χ4n) is 1.57. The van der Waals surface area contributed by atoms with Crippen molar-refractivity contribution in [3.63, 3.8) is 0 Å². The summed E-state index contributed by atoms with van der Waals surface area (Å²) >= 11 is 0. The summed E-state index contributed by atoms with van der Waals surface area (Å²) in [6.07, 6.45) is 0. The second-order valence-electron chi connectivity index (χ2n) is 3.65. The average molecular weight is 272 g/mol. The molecule has 1 aromatic heterocycles. The van der Waals surface area contributed by atoms with Crippen LogP contribution in [0.5, 0.6) is 0 Å². The molecule has 5 heteroatoms. The van der Waals surface area contributed by atoms with E-state index in [1.807, 2.05) is 0 Å². The number of rotatable bonds is 5. The van der Waals surface area contributed by atoms with Crippen LogP contribution in [0.4, 0.5) is 4.39 Å². The molecule has 0 aliphatic heterocycles. The lowest BCUT2D eigenvalue weighted by Crippen LogP contribution is -2.16. The molecule has 0 unspecified atom stereocenters. The maximum atomic E-state index is 13.5. The standard InChI is InChI=1S/C13H14FNO2.ClH/c14-12-4-2-1-3-11(12)13-6-5-10(17-13)9-15-7-8-16;/h1-6,15-16H,7-9H2;1H. The van der Waals surface area contributed by atoms with E-state index in [2.05, 4.69) is 5.32 Å². The fraction of sp³-hybridized carbons (Fsp3) is 0.231. The van der Waals surface area contributed by atoms with Gasteiger partial charge in [-0.25, -0.2) is 4.39 Å². The monoisotopic (exact) mass is 271 g/mol. The molecule has 18 heavy (non-hydrogen) atoms. The average Bonchev–Trinajstić information content (AvgIpc) is 2.79. The molecule has 0 saturated heterocycles. The third kappa shape index (κ3) is 3.57. The van der Waals surface area contributed by atoms with E-state index in [0.717, 1.165) is 5.76 Å². The van der Waals surface area contributed by atoms with Gasteiger partial charge in [0.1, 0.15) is 17.3 Å². The molecular formula is C13H15ClFNO2. The lowest BCUT2D eigenvalue weighted by molar-refractivity contribution is 0.290. The predicted molar refractivity (Wildman–Crippen MR) is 70.1 cm³/mol. The first-order chi connectivity index (χ1) is 8.31. The van der Waals surface area contributed by atoms with Gasteiger partial charge in [-0.15, -0.1) is 12.4 Å². The first-order valence-electron chi connectivity index (χ1n) is 5.46. The van der Waals surface area contributed by atoms with Crippen LogP contribution in [-0.2, 0) is 6.54 Å². The molecule has 3 nitrogen and oxygen atoms in total. The second kappa shape index (κ2) is 7.16. The van der Waals surface area contributed by atoms with E-state index >= 15 is 0 Å². The molecular weight excluding hydrogens is 257 g/mol. The Labute approximate surface area is 111 Å². The van der Waals surface area contributed by atoms with Crippen LogP contribution in [-0.4, -0.2) is 18.3 Å². The van der Waals surface area contributed by atoms with Crippen molar-refractivity contribution in [2.45, 2.75) is 6.54 Å². The molecule has 2 rings (SSSR count). The van der Waals surface area contributed by atoms with Gasteiger partial charge in [-0.1, -0.05) is 12.1 Å². The molecule has 0 radical (unpaired) electrons. The van der Waals surface area contributed by atoms with Gasteiger partial charge in [-0.05, 0) is 24.3 Å². The maximum Gasteiger partial charge on any atom is 0.137 e. The van der Waals surface area contributed by atoms with Crippen LogP contribution in [0.2, 0.25) is 0 Å². The second-order valence-corrected chi connectivity index (χ2v) is 3.65. The highest BCUT2D eigenvalue weighted by Gasteiger charge is 2.08. The maximum absolute atomic E-state index is 13.5. The van der Waals surface area contributed by atoms with Crippen molar-refractivity contribution in [2.24, 2.45) is 0 Å². The Morgan fingerprint density at radius 2 is 1.94 bits per heavy atom. The van der Waals surface area contributed by atoms with Crippen molar-refractivity contribution < 1.29 is 13.9 Å². The van der Waals surface area contributed by atoms with Gasteiger partial charge in [-0.3, -0.25) is 0 Å².